The third-order valence-corrected chi connectivity index (χ3v) is 4.99. The quantitative estimate of drug-likeness (QED) is 0.586. The molecule has 0 fully saturated rings. The van der Waals surface area contributed by atoms with Crippen LogP contribution in [-0.2, 0) is 6.42 Å². The fourth-order valence-electron chi connectivity index (χ4n) is 3.69. The maximum Gasteiger partial charge on any atom is 0.180 e. The average molecular weight is 354 g/mol. The lowest BCUT2D eigenvalue weighted by Crippen LogP contribution is -2.22. The largest absolute Gasteiger partial charge is 0.390 e. The molecule has 2 N–H and O–H groups in total. The average Bonchev–Trinajstić information content (AvgIpc) is 3.04. The van der Waals surface area contributed by atoms with Crippen molar-refractivity contribution in [3.05, 3.63) is 84.1 Å². The monoisotopic (exact) mass is 354 g/mol. The Hall–Kier alpha value is -3.31. The number of aliphatic hydroxyl groups is 1. The first-order chi connectivity index (χ1) is 13.3. The molecule has 0 saturated heterocycles. The minimum atomic E-state index is -0.491. The second-order valence-corrected chi connectivity index (χ2v) is 6.72. The van der Waals surface area contributed by atoms with Crippen molar-refractivity contribution in [3.8, 4) is 11.5 Å². The first-order valence-electron chi connectivity index (χ1n) is 9.00. The molecule has 2 heterocycles. The van der Waals surface area contributed by atoms with Gasteiger partial charge in [0.1, 0.15) is 11.5 Å². The van der Waals surface area contributed by atoms with E-state index in [0.29, 0.717) is 18.1 Å². The Morgan fingerprint density at radius 3 is 2.59 bits per heavy atom. The lowest BCUT2D eigenvalue weighted by Gasteiger charge is -2.20. The second kappa shape index (κ2) is 6.45. The first-order valence-corrected chi connectivity index (χ1v) is 9.00. The number of hydrogen-bond donors (Lipinski definition) is 2. The van der Waals surface area contributed by atoms with Crippen molar-refractivity contribution in [1.82, 2.24) is 15.0 Å². The number of pyridine rings is 1. The van der Waals surface area contributed by atoms with Crippen LogP contribution in [0.4, 0.5) is 5.82 Å². The fraction of sp³-hybridized carbons (Fsp3) is 0.136. The van der Waals surface area contributed by atoms with Crippen LogP contribution in [-0.4, -0.2) is 26.2 Å². The van der Waals surface area contributed by atoms with Gasteiger partial charge in [-0.3, -0.25) is 4.98 Å². The van der Waals surface area contributed by atoms with Gasteiger partial charge in [0, 0.05) is 18.0 Å². The molecular weight excluding hydrogens is 336 g/mol. The van der Waals surface area contributed by atoms with Crippen LogP contribution in [0, 0.1) is 0 Å². The topological polar surface area (TPSA) is 70.9 Å². The van der Waals surface area contributed by atoms with E-state index in [2.05, 4.69) is 27.4 Å². The highest BCUT2D eigenvalue weighted by Crippen LogP contribution is 2.35. The van der Waals surface area contributed by atoms with Gasteiger partial charge in [0.15, 0.2) is 5.82 Å². The molecule has 2 aromatic heterocycles. The lowest BCUT2D eigenvalue weighted by atomic mass is 10.1. The maximum atomic E-state index is 10.6. The Balaban J connectivity index is 1.62. The minimum Gasteiger partial charge on any atom is -0.390 e. The van der Waals surface area contributed by atoms with Crippen molar-refractivity contribution in [2.45, 2.75) is 18.6 Å². The number of hydrogen-bond acceptors (Lipinski definition) is 5. The highest BCUT2D eigenvalue weighted by molar-refractivity contribution is 5.90. The van der Waals surface area contributed by atoms with Gasteiger partial charge in [-0.2, -0.15) is 0 Å². The Labute approximate surface area is 156 Å². The summed E-state index contributed by atoms with van der Waals surface area (Å²) < 4.78 is 0. The van der Waals surface area contributed by atoms with Crippen molar-refractivity contribution < 1.29 is 5.11 Å². The van der Waals surface area contributed by atoms with Crippen LogP contribution >= 0.6 is 0 Å². The minimum absolute atomic E-state index is 0.198. The summed E-state index contributed by atoms with van der Waals surface area (Å²) in [5, 5.41) is 15.0. The molecule has 0 unspecified atom stereocenters. The summed E-state index contributed by atoms with van der Waals surface area (Å²) >= 11 is 0. The van der Waals surface area contributed by atoms with Gasteiger partial charge in [0.05, 0.1) is 17.7 Å². The van der Waals surface area contributed by atoms with Crippen molar-refractivity contribution >= 4 is 16.7 Å². The Morgan fingerprint density at radius 2 is 1.70 bits per heavy atom. The molecule has 0 aliphatic heterocycles. The summed E-state index contributed by atoms with van der Waals surface area (Å²) in [6.45, 7) is 0. The Morgan fingerprint density at radius 1 is 0.889 bits per heavy atom. The van der Waals surface area contributed by atoms with E-state index in [1.807, 2.05) is 54.6 Å². The lowest BCUT2D eigenvalue weighted by molar-refractivity contribution is 0.165. The van der Waals surface area contributed by atoms with Gasteiger partial charge in [0.25, 0.3) is 0 Å². The van der Waals surface area contributed by atoms with Crippen LogP contribution in [0.2, 0.25) is 0 Å². The predicted molar refractivity (Wildman–Crippen MR) is 105 cm³/mol. The van der Waals surface area contributed by atoms with E-state index < -0.39 is 6.10 Å². The Bertz CT molecular complexity index is 1110. The molecule has 0 amide bonds. The zero-order valence-electron chi connectivity index (χ0n) is 14.6. The van der Waals surface area contributed by atoms with Gasteiger partial charge in [-0.05, 0) is 35.4 Å². The molecule has 2 aromatic carbocycles. The smallest absolute Gasteiger partial charge is 0.180 e. The molecule has 0 bridgehead atoms. The zero-order chi connectivity index (χ0) is 18.2. The summed E-state index contributed by atoms with van der Waals surface area (Å²) in [7, 11) is 0. The molecule has 0 spiro atoms. The number of fused-ring (bicyclic) bond motifs is 2. The van der Waals surface area contributed by atoms with E-state index in [4.69, 9.17) is 4.98 Å². The van der Waals surface area contributed by atoms with Crippen LogP contribution < -0.4 is 5.32 Å². The second-order valence-electron chi connectivity index (χ2n) is 6.72. The highest BCUT2D eigenvalue weighted by atomic mass is 16.3. The molecule has 5 nitrogen and oxygen atoms in total. The molecular formula is C22H18N4O. The van der Waals surface area contributed by atoms with Crippen molar-refractivity contribution in [1.29, 1.82) is 0 Å². The van der Waals surface area contributed by atoms with Crippen LogP contribution in [0.25, 0.3) is 22.4 Å². The molecule has 5 rings (SSSR count). The van der Waals surface area contributed by atoms with Crippen molar-refractivity contribution in [2.24, 2.45) is 0 Å². The number of rotatable bonds is 3. The van der Waals surface area contributed by atoms with Crippen LogP contribution in [0.3, 0.4) is 0 Å². The summed E-state index contributed by atoms with van der Waals surface area (Å²) in [4.78, 5) is 13.8. The molecule has 132 valence electrons. The first kappa shape index (κ1) is 15.9. The Kier molecular flexibility index (Phi) is 3.80. The van der Waals surface area contributed by atoms with Crippen molar-refractivity contribution in [3.63, 3.8) is 0 Å². The van der Waals surface area contributed by atoms with E-state index in [-0.39, 0.29) is 6.04 Å². The van der Waals surface area contributed by atoms with E-state index in [1.165, 1.54) is 5.56 Å². The van der Waals surface area contributed by atoms with E-state index in [1.54, 1.807) is 6.20 Å². The molecule has 27 heavy (non-hydrogen) atoms. The molecule has 4 aromatic rings. The predicted octanol–water partition coefficient (Wildman–Crippen LogP) is 3.76. The third-order valence-electron chi connectivity index (χ3n) is 4.99. The third kappa shape index (κ3) is 2.82. The van der Waals surface area contributed by atoms with Gasteiger partial charge in [-0.15, -0.1) is 0 Å². The highest BCUT2D eigenvalue weighted by Gasteiger charge is 2.31. The molecule has 0 saturated carbocycles. The van der Waals surface area contributed by atoms with Crippen LogP contribution in [0.5, 0.6) is 0 Å². The van der Waals surface area contributed by atoms with E-state index in [9.17, 15) is 5.11 Å². The number of nitrogens with zero attached hydrogens (tertiary/aromatic N) is 3. The van der Waals surface area contributed by atoms with E-state index >= 15 is 0 Å². The van der Waals surface area contributed by atoms with Crippen LogP contribution in [0.1, 0.15) is 17.2 Å². The summed E-state index contributed by atoms with van der Waals surface area (Å²) in [5.74, 6) is 1.28. The summed E-state index contributed by atoms with van der Waals surface area (Å²) in [5.41, 5.74) is 3.85. The number of benzene rings is 2. The number of aromatic nitrogens is 3. The van der Waals surface area contributed by atoms with E-state index in [0.717, 1.165) is 22.2 Å². The zero-order valence-corrected chi connectivity index (χ0v) is 14.6. The molecule has 1 aliphatic rings. The van der Waals surface area contributed by atoms with Gasteiger partial charge in [0.2, 0.25) is 0 Å². The molecule has 5 heteroatoms. The summed E-state index contributed by atoms with van der Waals surface area (Å²) in [6, 6.07) is 21.5. The van der Waals surface area contributed by atoms with Crippen molar-refractivity contribution in [2.75, 3.05) is 5.32 Å². The fourth-order valence-corrected chi connectivity index (χ4v) is 3.69. The standard InChI is InChI=1S/C22H18N4O/c27-19-13-14-7-1-2-8-15(14)20(19)25-21-16-9-3-4-10-17(16)24-22(26-21)18-11-5-6-12-23-18/h1-12,19-20,27H,13H2,(H,24,25,26)/t19-,20-/m1/s1. The van der Waals surface area contributed by atoms with Gasteiger partial charge < -0.3 is 10.4 Å². The summed E-state index contributed by atoms with van der Waals surface area (Å²) in [6.07, 6.45) is 1.89. The normalized spacial score (nSPS) is 18.4. The number of anilines is 1. The molecule has 1 aliphatic carbocycles. The SMILES string of the molecule is O[C@@H]1Cc2ccccc2[C@H]1Nc1nc(-c2ccccn2)nc2ccccc12. The maximum absolute atomic E-state index is 10.6. The number of aliphatic hydroxyl groups excluding tert-OH is 1. The van der Waals surface area contributed by atoms with Crippen LogP contribution in [0.15, 0.2) is 72.9 Å². The van der Waals surface area contributed by atoms with Gasteiger partial charge in [-0.1, -0.05) is 42.5 Å². The molecule has 2 atom stereocenters. The van der Waals surface area contributed by atoms with Gasteiger partial charge >= 0.3 is 0 Å². The molecule has 0 radical (unpaired) electrons. The van der Waals surface area contributed by atoms with Gasteiger partial charge in [-0.25, -0.2) is 9.97 Å². The number of nitrogens with one attached hydrogen (secondary N) is 1. The number of para-hydroxylation sites is 1.